The van der Waals surface area contributed by atoms with Crippen LogP contribution >= 0.6 is 12.6 Å². The van der Waals surface area contributed by atoms with Crippen LogP contribution in [0.5, 0.6) is 0 Å². The maximum absolute atomic E-state index is 9.87. The van der Waals surface area contributed by atoms with Crippen molar-refractivity contribution in [1.29, 1.82) is 0 Å². The largest absolute Gasteiger partial charge is 0.263 e. The van der Waals surface area contributed by atoms with Crippen LogP contribution in [0.3, 0.4) is 0 Å². The molecular weight excluding hydrogens is 126 g/mol. The Kier molecular flexibility index (Phi) is 2.82. The van der Waals surface area contributed by atoms with Gasteiger partial charge < -0.3 is 0 Å². The third-order valence-electron chi connectivity index (χ3n) is 0.812. The monoisotopic (exact) mass is 135 g/mol. The summed E-state index contributed by atoms with van der Waals surface area (Å²) in [5, 5.41) is 9.16. The molecule has 48 valence electrons. The lowest BCUT2D eigenvalue weighted by atomic mass is 10.2. The van der Waals surface area contributed by atoms with Crippen LogP contribution in [0.4, 0.5) is 0 Å². The molecule has 0 amide bonds. The normalized spacial score (nSPS) is 14.0. The molecule has 1 atom stereocenters. The van der Waals surface area contributed by atoms with Crippen molar-refractivity contribution in [3.8, 4) is 0 Å². The second kappa shape index (κ2) is 2.91. The van der Waals surface area contributed by atoms with E-state index in [0.717, 1.165) is 0 Å². The van der Waals surface area contributed by atoms with Gasteiger partial charge in [0.15, 0.2) is 0 Å². The van der Waals surface area contributed by atoms with E-state index >= 15 is 0 Å². The first-order valence-corrected chi connectivity index (χ1v) is 2.89. The molecule has 0 fully saturated rings. The topological polar surface area (TPSA) is 43.1 Å². The van der Waals surface area contributed by atoms with Crippen LogP contribution in [-0.2, 0) is 0 Å². The van der Waals surface area contributed by atoms with Crippen LogP contribution < -0.4 is 0 Å². The molecular formula is C4H9NO2S. The Morgan fingerprint density at radius 3 is 2.00 bits per heavy atom. The van der Waals surface area contributed by atoms with Crippen LogP contribution in [-0.4, -0.2) is 10.3 Å². The van der Waals surface area contributed by atoms with Gasteiger partial charge in [-0.25, -0.2) is 0 Å². The maximum atomic E-state index is 9.87. The highest BCUT2D eigenvalue weighted by Crippen LogP contribution is 2.07. The molecule has 0 aromatic carbocycles. The molecule has 0 aliphatic carbocycles. The van der Waals surface area contributed by atoms with Crippen LogP contribution in [0.1, 0.15) is 13.8 Å². The Hall–Kier alpha value is -0.250. The van der Waals surface area contributed by atoms with Crippen LogP contribution in [0.2, 0.25) is 0 Å². The molecule has 0 aromatic rings. The fraction of sp³-hybridized carbons (Fsp3) is 1.00. The number of thiol groups is 1. The van der Waals surface area contributed by atoms with Gasteiger partial charge in [-0.05, 0) is 0 Å². The first-order valence-electron chi connectivity index (χ1n) is 2.37. The standard InChI is InChI=1S/C4H9NO2S/c1-3(2)4(8)5(6)7/h3-4,8H,1-2H3. The first kappa shape index (κ1) is 7.75. The molecule has 0 N–H and O–H groups in total. The Morgan fingerprint density at radius 1 is 1.62 bits per heavy atom. The SMILES string of the molecule is CC(C)C(S)[N+](=O)[O-]. The van der Waals surface area contributed by atoms with E-state index < -0.39 is 10.3 Å². The average Bonchev–Trinajstić information content (AvgIpc) is 1.64. The highest BCUT2D eigenvalue weighted by molar-refractivity contribution is 7.80. The number of nitrogens with zero attached hydrogens (tertiary/aromatic N) is 1. The van der Waals surface area contributed by atoms with Gasteiger partial charge in [-0.2, -0.15) is 0 Å². The van der Waals surface area contributed by atoms with Crippen molar-refractivity contribution in [2.24, 2.45) is 5.92 Å². The minimum absolute atomic E-state index is 0.00772. The van der Waals surface area contributed by atoms with E-state index in [-0.39, 0.29) is 5.92 Å². The van der Waals surface area contributed by atoms with E-state index in [1.165, 1.54) is 0 Å². The average molecular weight is 135 g/mol. The van der Waals surface area contributed by atoms with Crippen molar-refractivity contribution in [1.82, 2.24) is 0 Å². The van der Waals surface area contributed by atoms with E-state index in [0.29, 0.717) is 0 Å². The zero-order chi connectivity index (χ0) is 6.73. The van der Waals surface area contributed by atoms with Crippen LogP contribution in [0.25, 0.3) is 0 Å². The lowest BCUT2D eigenvalue weighted by Crippen LogP contribution is -2.18. The number of hydrogen-bond donors (Lipinski definition) is 1. The Balaban J connectivity index is 3.64. The van der Waals surface area contributed by atoms with E-state index in [4.69, 9.17) is 0 Å². The van der Waals surface area contributed by atoms with Gasteiger partial charge in [-0.15, -0.1) is 12.6 Å². The van der Waals surface area contributed by atoms with Crippen LogP contribution in [0.15, 0.2) is 0 Å². The fourth-order valence-corrected chi connectivity index (χ4v) is 0.243. The third kappa shape index (κ3) is 2.16. The smallest absolute Gasteiger partial charge is 0.257 e. The molecule has 4 heteroatoms. The molecule has 0 bridgehead atoms. The van der Waals surface area contributed by atoms with Gasteiger partial charge in [0, 0.05) is 10.8 Å². The minimum Gasteiger partial charge on any atom is -0.263 e. The zero-order valence-corrected chi connectivity index (χ0v) is 5.76. The minimum atomic E-state index is -0.713. The molecule has 0 heterocycles. The molecule has 0 aromatic heterocycles. The van der Waals surface area contributed by atoms with Gasteiger partial charge in [0.1, 0.15) is 0 Å². The third-order valence-corrected chi connectivity index (χ3v) is 1.60. The molecule has 0 saturated heterocycles. The van der Waals surface area contributed by atoms with Gasteiger partial charge in [0.25, 0.3) is 5.37 Å². The van der Waals surface area contributed by atoms with Crippen molar-refractivity contribution >= 4 is 12.6 Å². The first-order chi connectivity index (χ1) is 3.55. The summed E-state index contributed by atoms with van der Waals surface area (Å²) in [5.41, 5.74) is 0. The van der Waals surface area contributed by atoms with Crippen molar-refractivity contribution < 1.29 is 4.92 Å². The summed E-state index contributed by atoms with van der Waals surface area (Å²) < 4.78 is 0. The maximum Gasteiger partial charge on any atom is 0.257 e. The van der Waals surface area contributed by atoms with Crippen molar-refractivity contribution in [3.05, 3.63) is 10.1 Å². The predicted octanol–water partition coefficient (Wildman–Crippen LogP) is 1.18. The molecule has 0 radical (unpaired) electrons. The van der Waals surface area contributed by atoms with Gasteiger partial charge in [-0.3, -0.25) is 10.1 Å². The number of hydrogen-bond acceptors (Lipinski definition) is 3. The fourth-order valence-electron chi connectivity index (χ4n) is 0.243. The summed E-state index contributed by atoms with van der Waals surface area (Å²) >= 11 is 3.72. The van der Waals surface area contributed by atoms with E-state index in [2.05, 4.69) is 12.6 Å². The Morgan fingerprint density at radius 2 is 2.00 bits per heavy atom. The summed E-state index contributed by atoms with van der Waals surface area (Å²) in [6, 6.07) is 0. The Labute approximate surface area is 53.6 Å². The summed E-state index contributed by atoms with van der Waals surface area (Å²) in [4.78, 5) is 9.47. The predicted molar refractivity (Wildman–Crippen MR) is 34.6 cm³/mol. The van der Waals surface area contributed by atoms with E-state index in [9.17, 15) is 10.1 Å². The van der Waals surface area contributed by atoms with Crippen LogP contribution in [0, 0.1) is 16.0 Å². The summed E-state index contributed by atoms with van der Waals surface area (Å²) in [6.45, 7) is 3.53. The summed E-state index contributed by atoms with van der Waals surface area (Å²) in [7, 11) is 0. The molecule has 0 aliphatic rings. The Bertz CT molecular complexity index is 94.0. The number of nitro groups is 1. The van der Waals surface area contributed by atoms with Gasteiger partial charge in [0.05, 0.1) is 0 Å². The summed E-state index contributed by atoms with van der Waals surface area (Å²) in [6.07, 6.45) is 0. The quantitative estimate of drug-likeness (QED) is 0.267. The second-order valence-corrected chi connectivity index (χ2v) is 2.47. The molecule has 8 heavy (non-hydrogen) atoms. The van der Waals surface area contributed by atoms with E-state index in [1.807, 2.05) is 0 Å². The van der Waals surface area contributed by atoms with Crippen molar-refractivity contribution in [2.45, 2.75) is 19.2 Å². The van der Waals surface area contributed by atoms with E-state index in [1.54, 1.807) is 13.8 Å². The highest BCUT2D eigenvalue weighted by Gasteiger charge is 2.17. The van der Waals surface area contributed by atoms with Crippen molar-refractivity contribution in [3.63, 3.8) is 0 Å². The molecule has 1 unspecified atom stereocenters. The summed E-state index contributed by atoms with van der Waals surface area (Å²) in [5.74, 6) is 0.00772. The van der Waals surface area contributed by atoms with Gasteiger partial charge in [0.2, 0.25) is 0 Å². The second-order valence-electron chi connectivity index (χ2n) is 1.94. The van der Waals surface area contributed by atoms with Gasteiger partial charge in [-0.1, -0.05) is 13.8 Å². The molecule has 0 spiro atoms. The molecule has 3 nitrogen and oxygen atoms in total. The lowest BCUT2D eigenvalue weighted by Gasteiger charge is -2.03. The zero-order valence-electron chi connectivity index (χ0n) is 4.87. The number of rotatable bonds is 2. The highest BCUT2D eigenvalue weighted by atomic mass is 32.1. The molecule has 0 rings (SSSR count). The van der Waals surface area contributed by atoms with Gasteiger partial charge >= 0.3 is 0 Å². The molecule has 0 saturated carbocycles. The van der Waals surface area contributed by atoms with Crippen molar-refractivity contribution in [2.75, 3.05) is 0 Å². The lowest BCUT2D eigenvalue weighted by molar-refractivity contribution is -0.502. The molecule has 0 aliphatic heterocycles.